The van der Waals surface area contributed by atoms with Gasteiger partial charge >= 0.3 is 5.97 Å². The Labute approximate surface area is 209 Å². The number of nitrogens with two attached hydrogens (primary N) is 1. The molecule has 2 aromatic rings. The molecule has 0 bridgehead atoms. The van der Waals surface area contributed by atoms with Crippen molar-refractivity contribution in [1.82, 2.24) is 5.32 Å². The molecule has 35 heavy (non-hydrogen) atoms. The molecule has 6 heteroatoms. The van der Waals surface area contributed by atoms with E-state index >= 15 is 0 Å². The summed E-state index contributed by atoms with van der Waals surface area (Å²) in [6, 6.07) is 14.8. The number of hydrogen-bond acceptors (Lipinski definition) is 5. The van der Waals surface area contributed by atoms with E-state index in [9.17, 15) is 9.59 Å². The molecule has 3 rings (SSSR count). The molecule has 0 aliphatic heterocycles. The number of hydrogen-bond donors (Lipinski definition) is 2. The first kappa shape index (κ1) is 26.7. The predicted molar refractivity (Wildman–Crippen MR) is 139 cm³/mol. The summed E-state index contributed by atoms with van der Waals surface area (Å²) in [5, 5.41) is 3.17. The highest BCUT2D eigenvalue weighted by molar-refractivity contribution is 5.94. The van der Waals surface area contributed by atoms with E-state index < -0.39 is 12.0 Å². The van der Waals surface area contributed by atoms with Crippen LogP contribution in [0.25, 0.3) is 0 Å². The van der Waals surface area contributed by atoms with Crippen molar-refractivity contribution in [3.8, 4) is 5.75 Å². The van der Waals surface area contributed by atoms with Crippen LogP contribution in [0, 0.1) is 11.3 Å². The summed E-state index contributed by atoms with van der Waals surface area (Å²) in [7, 11) is 1.67. The van der Waals surface area contributed by atoms with E-state index in [4.69, 9.17) is 15.2 Å². The molecule has 0 unspecified atom stereocenters. The van der Waals surface area contributed by atoms with Gasteiger partial charge in [0, 0.05) is 18.0 Å². The molecule has 190 valence electrons. The van der Waals surface area contributed by atoms with Crippen molar-refractivity contribution >= 4 is 11.9 Å². The average Bonchev–Trinajstić information content (AvgIpc) is 2.85. The molecule has 1 saturated carbocycles. The van der Waals surface area contributed by atoms with Crippen molar-refractivity contribution in [3.05, 3.63) is 65.2 Å². The number of benzene rings is 2. The third-order valence-corrected chi connectivity index (χ3v) is 7.24. The van der Waals surface area contributed by atoms with Gasteiger partial charge in [0.05, 0.1) is 13.7 Å². The van der Waals surface area contributed by atoms with Gasteiger partial charge in [-0.3, -0.25) is 9.59 Å². The molecule has 0 radical (unpaired) electrons. The fourth-order valence-corrected chi connectivity index (χ4v) is 4.92. The standard InChI is InChI=1S/C29H40N2O4/c1-5-35-28(33)26(30)18-20-6-8-23(9-7-20)27(32)31-19-25(21-10-12-24(34-4)13-11-21)22-14-16-29(2,3)17-15-22/h6-13,22,25-26H,5,14-19,30H2,1-4H3,(H,31,32)/t25-,26-/m0/s1. The smallest absolute Gasteiger partial charge is 0.323 e. The van der Waals surface area contributed by atoms with Crippen molar-refractivity contribution in [3.63, 3.8) is 0 Å². The summed E-state index contributed by atoms with van der Waals surface area (Å²) in [5.41, 5.74) is 9.03. The van der Waals surface area contributed by atoms with Gasteiger partial charge in [-0.1, -0.05) is 38.1 Å². The van der Waals surface area contributed by atoms with Crippen molar-refractivity contribution in [2.24, 2.45) is 17.1 Å². The number of ether oxygens (including phenoxy) is 2. The van der Waals surface area contributed by atoms with E-state index in [2.05, 4.69) is 31.3 Å². The Kier molecular flexibility index (Phi) is 9.33. The second-order valence-corrected chi connectivity index (χ2v) is 10.4. The molecule has 3 N–H and O–H groups in total. The normalized spacial score (nSPS) is 17.3. The highest BCUT2D eigenvalue weighted by Crippen LogP contribution is 2.43. The monoisotopic (exact) mass is 480 g/mol. The zero-order chi connectivity index (χ0) is 25.4. The second kappa shape index (κ2) is 12.2. The van der Waals surface area contributed by atoms with E-state index in [0.29, 0.717) is 36.5 Å². The number of amides is 1. The van der Waals surface area contributed by atoms with Crippen LogP contribution in [0.15, 0.2) is 48.5 Å². The van der Waals surface area contributed by atoms with Crippen LogP contribution in [0.4, 0.5) is 0 Å². The largest absolute Gasteiger partial charge is 0.497 e. The minimum Gasteiger partial charge on any atom is -0.497 e. The third kappa shape index (κ3) is 7.56. The van der Waals surface area contributed by atoms with Crippen molar-refractivity contribution in [2.45, 2.75) is 64.8 Å². The van der Waals surface area contributed by atoms with Crippen LogP contribution >= 0.6 is 0 Å². The van der Waals surface area contributed by atoms with Crippen LogP contribution in [0.2, 0.25) is 0 Å². The van der Waals surface area contributed by atoms with E-state index in [0.717, 1.165) is 24.2 Å². The lowest BCUT2D eigenvalue weighted by Crippen LogP contribution is -2.34. The molecule has 1 aliphatic rings. The summed E-state index contributed by atoms with van der Waals surface area (Å²) in [4.78, 5) is 24.7. The Hall–Kier alpha value is -2.86. The minimum absolute atomic E-state index is 0.0964. The first-order valence-corrected chi connectivity index (χ1v) is 12.7. The number of methoxy groups -OCH3 is 1. The molecule has 1 amide bonds. The SMILES string of the molecule is CCOC(=O)[C@@H](N)Cc1ccc(C(=O)NC[C@@H](c2ccc(OC)cc2)C2CCC(C)(C)CC2)cc1. The van der Waals surface area contributed by atoms with Crippen LogP contribution < -0.4 is 15.8 Å². The van der Waals surface area contributed by atoms with Gasteiger partial charge in [-0.2, -0.15) is 0 Å². The van der Waals surface area contributed by atoms with Crippen LogP contribution in [0.5, 0.6) is 5.75 Å². The van der Waals surface area contributed by atoms with E-state index in [1.165, 1.54) is 18.4 Å². The lowest BCUT2D eigenvalue weighted by Gasteiger charge is -2.38. The molecule has 1 fully saturated rings. The van der Waals surface area contributed by atoms with E-state index in [-0.39, 0.29) is 11.8 Å². The Morgan fingerprint density at radius 2 is 1.69 bits per heavy atom. The van der Waals surface area contributed by atoms with Crippen LogP contribution in [-0.2, 0) is 16.0 Å². The maximum Gasteiger partial charge on any atom is 0.323 e. The second-order valence-electron chi connectivity index (χ2n) is 10.4. The van der Waals surface area contributed by atoms with Crippen molar-refractivity contribution < 1.29 is 19.1 Å². The van der Waals surface area contributed by atoms with Gasteiger partial charge in [0.2, 0.25) is 0 Å². The topological polar surface area (TPSA) is 90.7 Å². The average molecular weight is 481 g/mol. The summed E-state index contributed by atoms with van der Waals surface area (Å²) in [5.74, 6) is 1.11. The van der Waals surface area contributed by atoms with Gasteiger partial charge in [0.1, 0.15) is 11.8 Å². The van der Waals surface area contributed by atoms with Gasteiger partial charge in [-0.25, -0.2) is 0 Å². The van der Waals surface area contributed by atoms with Crippen LogP contribution in [-0.4, -0.2) is 38.2 Å². The summed E-state index contributed by atoms with van der Waals surface area (Å²) in [6.07, 6.45) is 5.10. The lowest BCUT2D eigenvalue weighted by molar-refractivity contribution is -0.144. The molecule has 0 heterocycles. The van der Waals surface area contributed by atoms with Gasteiger partial charge in [0.25, 0.3) is 5.91 Å². The molecule has 2 atom stereocenters. The quantitative estimate of drug-likeness (QED) is 0.474. The molecular weight excluding hydrogens is 440 g/mol. The Morgan fingerprint density at radius 1 is 1.06 bits per heavy atom. The number of carbonyl (C=O) groups excluding carboxylic acids is 2. The van der Waals surface area contributed by atoms with Gasteiger partial charge < -0.3 is 20.5 Å². The molecule has 0 spiro atoms. The summed E-state index contributed by atoms with van der Waals surface area (Å²) in [6.45, 7) is 7.34. The lowest BCUT2D eigenvalue weighted by atomic mass is 9.68. The first-order valence-electron chi connectivity index (χ1n) is 12.7. The number of carbonyl (C=O) groups is 2. The molecule has 0 saturated heterocycles. The summed E-state index contributed by atoms with van der Waals surface area (Å²) < 4.78 is 10.3. The fraction of sp³-hybridized carbons (Fsp3) is 0.517. The first-order chi connectivity index (χ1) is 16.7. The Balaban J connectivity index is 1.65. The zero-order valence-corrected chi connectivity index (χ0v) is 21.5. The third-order valence-electron chi connectivity index (χ3n) is 7.24. The van der Waals surface area contributed by atoms with Crippen molar-refractivity contribution in [1.29, 1.82) is 0 Å². The molecule has 1 aliphatic carbocycles. The summed E-state index contributed by atoms with van der Waals surface area (Å²) >= 11 is 0. The van der Waals surface area contributed by atoms with Gasteiger partial charge in [-0.05, 0) is 85.8 Å². The van der Waals surface area contributed by atoms with E-state index in [1.54, 1.807) is 26.2 Å². The maximum atomic E-state index is 13.0. The minimum atomic E-state index is -0.708. The Bertz CT molecular complexity index is 959. The highest BCUT2D eigenvalue weighted by Gasteiger charge is 2.32. The van der Waals surface area contributed by atoms with E-state index in [1.807, 2.05) is 24.3 Å². The molecule has 2 aromatic carbocycles. The predicted octanol–water partition coefficient (Wildman–Crippen LogP) is 4.86. The zero-order valence-electron chi connectivity index (χ0n) is 21.5. The Morgan fingerprint density at radius 3 is 2.26 bits per heavy atom. The van der Waals surface area contributed by atoms with Crippen molar-refractivity contribution in [2.75, 3.05) is 20.3 Å². The number of nitrogens with one attached hydrogen (secondary N) is 1. The molecule has 0 aromatic heterocycles. The molecular formula is C29H40N2O4. The number of rotatable bonds is 10. The maximum absolute atomic E-state index is 13.0. The van der Waals surface area contributed by atoms with Crippen LogP contribution in [0.3, 0.4) is 0 Å². The van der Waals surface area contributed by atoms with Crippen LogP contribution in [0.1, 0.15) is 73.9 Å². The fourth-order valence-electron chi connectivity index (χ4n) is 4.92. The van der Waals surface area contributed by atoms with Gasteiger partial charge in [0.15, 0.2) is 0 Å². The highest BCUT2D eigenvalue weighted by atomic mass is 16.5. The number of esters is 1. The van der Waals surface area contributed by atoms with Gasteiger partial charge in [-0.15, -0.1) is 0 Å². The molecule has 6 nitrogen and oxygen atoms in total.